The normalized spacial score (nSPS) is 15.7. The third kappa shape index (κ3) is 5.09. The summed E-state index contributed by atoms with van der Waals surface area (Å²) in [6, 6.07) is 11.8. The number of hydrogen-bond donors (Lipinski definition) is 0. The highest BCUT2D eigenvalue weighted by Crippen LogP contribution is 2.37. The minimum atomic E-state index is -2.97. The van der Waals surface area contributed by atoms with Gasteiger partial charge >= 0.3 is 0 Å². The molecule has 2 heterocycles. The summed E-state index contributed by atoms with van der Waals surface area (Å²) in [6.45, 7) is 3.05. The molecule has 0 bridgehead atoms. The lowest BCUT2D eigenvalue weighted by Gasteiger charge is -2.34. The number of carbonyl (C=O) groups is 1. The first-order valence-electron chi connectivity index (χ1n) is 8.80. The van der Waals surface area contributed by atoms with Gasteiger partial charge in [0.1, 0.15) is 20.5 Å². The van der Waals surface area contributed by atoms with Gasteiger partial charge in [0.2, 0.25) is 0 Å². The lowest BCUT2D eigenvalue weighted by atomic mass is 10.2. The van der Waals surface area contributed by atoms with Crippen molar-refractivity contribution in [1.29, 1.82) is 0 Å². The molecule has 0 spiro atoms. The van der Waals surface area contributed by atoms with E-state index in [9.17, 15) is 13.2 Å². The molecule has 1 amide bonds. The standard InChI is InChI=1S/C19H24N2O4S2/c1-25-16-14-17(15-6-4-3-5-7-15)26-18(16)19(22)21-10-8-20(9-11-21)12-13-27(2,23)24/h3-7,14H,8-13H2,1-2H3. The molecule has 146 valence electrons. The minimum absolute atomic E-state index is 0.0261. The fraction of sp³-hybridized carbons (Fsp3) is 0.421. The molecule has 0 unspecified atom stereocenters. The van der Waals surface area contributed by atoms with Crippen LogP contribution in [0.3, 0.4) is 0 Å². The number of benzene rings is 1. The van der Waals surface area contributed by atoms with Gasteiger partial charge in [-0.15, -0.1) is 11.3 Å². The molecule has 6 nitrogen and oxygen atoms in total. The van der Waals surface area contributed by atoms with Gasteiger partial charge in [-0.2, -0.15) is 0 Å². The monoisotopic (exact) mass is 408 g/mol. The van der Waals surface area contributed by atoms with Crippen molar-refractivity contribution < 1.29 is 17.9 Å². The SMILES string of the molecule is COc1cc(-c2ccccc2)sc1C(=O)N1CCN(CCS(C)(=O)=O)CC1. The van der Waals surface area contributed by atoms with Gasteiger partial charge in [-0.25, -0.2) is 8.42 Å². The average Bonchev–Trinajstić information content (AvgIpc) is 3.11. The zero-order valence-electron chi connectivity index (χ0n) is 15.6. The second-order valence-corrected chi connectivity index (χ2v) is 9.95. The van der Waals surface area contributed by atoms with Crippen LogP contribution in [0, 0.1) is 0 Å². The molecule has 1 aliphatic heterocycles. The molecule has 0 N–H and O–H groups in total. The van der Waals surface area contributed by atoms with E-state index in [-0.39, 0.29) is 11.7 Å². The second-order valence-electron chi connectivity index (χ2n) is 6.64. The lowest BCUT2D eigenvalue weighted by Crippen LogP contribution is -2.49. The Kier molecular flexibility index (Phi) is 6.18. The molecule has 0 atom stereocenters. The van der Waals surface area contributed by atoms with Crippen molar-refractivity contribution in [2.75, 3.05) is 51.8 Å². The predicted octanol–water partition coefficient (Wildman–Crippen LogP) is 2.23. The van der Waals surface area contributed by atoms with Crippen molar-refractivity contribution in [2.45, 2.75) is 0 Å². The van der Waals surface area contributed by atoms with Crippen molar-refractivity contribution >= 4 is 27.1 Å². The molecular formula is C19H24N2O4S2. The van der Waals surface area contributed by atoms with E-state index in [0.29, 0.717) is 43.4 Å². The number of amides is 1. The van der Waals surface area contributed by atoms with E-state index in [4.69, 9.17) is 4.74 Å². The van der Waals surface area contributed by atoms with Gasteiger partial charge in [-0.3, -0.25) is 9.69 Å². The summed E-state index contributed by atoms with van der Waals surface area (Å²) >= 11 is 1.44. The third-order valence-corrected chi connectivity index (χ3v) is 6.69. The molecule has 1 aromatic carbocycles. The Morgan fingerprint density at radius 1 is 1.15 bits per heavy atom. The van der Waals surface area contributed by atoms with Crippen LogP contribution in [0.2, 0.25) is 0 Å². The van der Waals surface area contributed by atoms with Gasteiger partial charge in [0.15, 0.2) is 0 Å². The maximum Gasteiger partial charge on any atom is 0.267 e. The van der Waals surface area contributed by atoms with Crippen molar-refractivity contribution in [3.63, 3.8) is 0 Å². The van der Waals surface area contributed by atoms with Crippen molar-refractivity contribution in [1.82, 2.24) is 9.80 Å². The van der Waals surface area contributed by atoms with Crippen LogP contribution in [0.1, 0.15) is 9.67 Å². The largest absolute Gasteiger partial charge is 0.495 e. The van der Waals surface area contributed by atoms with Crippen molar-refractivity contribution in [3.05, 3.63) is 41.3 Å². The number of carbonyl (C=O) groups excluding carboxylic acids is 1. The van der Waals surface area contributed by atoms with Crippen LogP contribution in [-0.4, -0.2) is 76.0 Å². The first kappa shape index (κ1) is 19.9. The van der Waals surface area contributed by atoms with E-state index < -0.39 is 9.84 Å². The van der Waals surface area contributed by atoms with E-state index in [0.717, 1.165) is 10.4 Å². The summed E-state index contributed by atoms with van der Waals surface area (Å²) in [6.07, 6.45) is 1.25. The first-order chi connectivity index (χ1) is 12.9. The van der Waals surface area contributed by atoms with E-state index in [1.807, 2.05) is 41.3 Å². The minimum Gasteiger partial charge on any atom is -0.495 e. The van der Waals surface area contributed by atoms with Crippen LogP contribution in [0.15, 0.2) is 36.4 Å². The molecule has 0 radical (unpaired) electrons. The molecule has 3 rings (SSSR count). The summed E-state index contributed by atoms with van der Waals surface area (Å²) in [5, 5.41) is 0. The average molecular weight is 409 g/mol. The van der Waals surface area contributed by atoms with Crippen LogP contribution in [0.4, 0.5) is 0 Å². The fourth-order valence-corrected chi connectivity index (χ4v) is 4.72. The van der Waals surface area contributed by atoms with Crippen LogP contribution in [0.5, 0.6) is 5.75 Å². The summed E-state index contributed by atoms with van der Waals surface area (Å²) in [5.74, 6) is 0.727. The number of piperazine rings is 1. The Morgan fingerprint density at radius 3 is 2.41 bits per heavy atom. The maximum absolute atomic E-state index is 13.0. The summed E-state index contributed by atoms with van der Waals surface area (Å²) < 4.78 is 28.1. The molecular weight excluding hydrogens is 384 g/mol. The number of nitrogens with zero attached hydrogens (tertiary/aromatic N) is 2. The third-order valence-electron chi connectivity index (χ3n) is 4.61. The molecule has 1 aliphatic rings. The van der Waals surface area contributed by atoms with E-state index in [1.54, 1.807) is 7.11 Å². The smallest absolute Gasteiger partial charge is 0.267 e. The maximum atomic E-state index is 13.0. The summed E-state index contributed by atoms with van der Waals surface area (Å²) in [4.78, 5) is 18.5. The van der Waals surface area contributed by atoms with Crippen LogP contribution < -0.4 is 4.74 Å². The number of rotatable bonds is 6. The molecule has 1 saturated heterocycles. The molecule has 1 fully saturated rings. The van der Waals surface area contributed by atoms with E-state index in [2.05, 4.69) is 4.90 Å². The number of thiophene rings is 1. The summed E-state index contributed by atoms with van der Waals surface area (Å²) in [7, 11) is -1.39. The van der Waals surface area contributed by atoms with Gasteiger partial charge in [0.25, 0.3) is 5.91 Å². The predicted molar refractivity (Wildman–Crippen MR) is 108 cm³/mol. The zero-order chi connectivity index (χ0) is 19.4. The van der Waals surface area contributed by atoms with Gasteiger partial charge in [0, 0.05) is 43.9 Å². The Balaban J connectivity index is 1.67. The quantitative estimate of drug-likeness (QED) is 0.733. The van der Waals surface area contributed by atoms with Gasteiger partial charge in [-0.1, -0.05) is 30.3 Å². The van der Waals surface area contributed by atoms with Gasteiger partial charge in [0.05, 0.1) is 12.9 Å². The van der Waals surface area contributed by atoms with Crippen LogP contribution in [-0.2, 0) is 9.84 Å². The van der Waals surface area contributed by atoms with Crippen LogP contribution >= 0.6 is 11.3 Å². The number of methoxy groups -OCH3 is 1. The topological polar surface area (TPSA) is 66.9 Å². The number of ether oxygens (including phenoxy) is 1. The Bertz CT molecular complexity index is 886. The molecule has 0 aliphatic carbocycles. The Hall–Kier alpha value is -1.90. The highest BCUT2D eigenvalue weighted by atomic mass is 32.2. The van der Waals surface area contributed by atoms with Crippen LogP contribution in [0.25, 0.3) is 10.4 Å². The van der Waals surface area contributed by atoms with E-state index in [1.165, 1.54) is 17.6 Å². The zero-order valence-corrected chi connectivity index (χ0v) is 17.2. The lowest BCUT2D eigenvalue weighted by molar-refractivity contribution is 0.0646. The molecule has 8 heteroatoms. The molecule has 27 heavy (non-hydrogen) atoms. The molecule has 2 aromatic rings. The van der Waals surface area contributed by atoms with Crippen molar-refractivity contribution in [2.24, 2.45) is 0 Å². The van der Waals surface area contributed by atoms with Gasteiger partial charge < -0.3 is 9.64 Å². The van der Waals surface area contributed by atoms with Gasteiger partial charge in [-0.05, 0) is 11.6 Å². The van der Waals surface area contributed by atoms with E-state index >= 15 is 0 Å². The Morgan fingerprint density at radius 2 is 1.81 bits per heavy atom. The molecule has 1 aromatic heterocycles. The number of hydrogen-bond acceptors (Lipinski definition) is 6. The molecule has 0 saturated carbocycles. The van der Waals surface area contributed by atoms with Crippen molar-refractivity contribution in [3.8, 4) is 16.2 Å². The fourth-order valence-electron chi connectivity index (χ4n) is 3.03. The highest BCUT2D eigenvalue weighted by Gasteiger charge is 2.26. The Labute approximate surface area is 164 Å². The first-order valence-corrected chi connectivity index (χ1v) is 11.7. The number of sulfone groups is 1. The second kappa shape index (κ2) is 8.41. The highest BCUT2D eigenvalue weighted by molar-refractivity contribution is 7.90. The summed E-state index contributed by atoms with van der Waals surface area (Å²) in [5.41, 5.74) is 1.06.